The number of amides is 1. The van der Waals surface area contributed by atoms with E-state index in [0.29, 0.717) is 6.61 Å². The zero-order valence-corrected chi connectivity index (χ0v) is 10.6. The van der Waals surface area contributed by atoms with Crippen molar-refractivity contribution in [1.29, 1.82) is 0 Å². The monoisotopic (exact) mass is 281 g/mol. The fraction of sp³-hybridized carbons (Fsp3) is 0.818. The van der Waals surface area contributed by atoms with Crippen LogP contribution in [-0.2, 0) is 23.8 Å². The molecule has 0 bridgehead atoms. The minimum Gasteiger partial charge on any atom is -0.467 e. The Labute approximate surface area is 109 Å². The van der Waals surface area contributed by atoms with Crippen molar-refractivity contribution < 1.29 is 32.6 Å². The Bertz CT molecular complexity index is 313. The predicted octanol–water partition coefficient (Wildman–Crippen LogP) is 0.0586. The molecule has 1 saturated heterocycles. The summed E-state index contributed by atoms with van der Waals surface area (Å²) in [5, 5.41) is 0. The molecule has 110 valence electrons. The quantitative estimate of drug-likeness (QED) is 0.509. The van der Waals surface area contributed by atoms with Gasteiger partial charge in [-0.05, 0) is 0 Å². The SMILES string of the molecule is COC(=O)C1COCCN1C(=O)CCOCC(F)F. The predicted molar refractivity (Wildman–Crippen MR) is 59.8 cm³/mol. The summed E-state index contributed by atoms with van der Waals surface area (Å²) in [4.78, 5) is 24.7. The van der Waals surface area contributed by atoms with Gasteiger partial charge in [0.05, 0.1) is 33.4 Å². The molecule has 6 nitrogen and oxygen atoms in total. The lowest BCUT2D eigenvalue weighted by Gasteiger charge is -2.33. The molecule has 8 heteroatoms. The van der Waals surface area contributed by atoms with Crippen molar-refractivity contribution in [3.8, 4) is 0 Å². The van der Waals surface area contributed by atoms with Crippen LogP contribution in [0.25, 0.3) is 0 Å². The van der Waals surface area contributed by atoms with E-state index in [0.717, 1.165) is 0 Å². The molecule has 1 fully saturated rings. The van der Waals surface area contributed by atoms with Gasteiger partial charge in [-0.15, -0.1) is 0 Å². The molecule has 1 amide bonds. The van der Waals surface area contributed by atoms with E-state index in [1.54, 1.807) is 0 Å². The highest BCUT2D eigenvalue weighted by molar-refractivity contribution is 5.84. The van der Waals surface area contributed by atoms with Crippen LogP contribution < -0.4 is 0 Å². The minimum atomic E-state index is -2.55. The first-order valence-corrected chi connectivity index (χ1v) is 5.87. The normalized spacial score (nSPS) is 19.6. The second-order valence-corrected chi connectivity index (χ2v) is 3.92. The third-order valence-electron chi connectivity index (χ3n) is 2.63. The molecule has 1 aliphatic rings. The van der Waals surface area contributed by atoms with Crippen molar-refractivity contribution in [1.82, 2.24) is 4.90 Å². The Hall–Kier alpha value is -1.28. The second-order valence-electron chi connectivity index (χ2n) is 3.92. The number of hydrogen-bond donors (Lipinski definition) is 0. The molecule has 0 aromatic carbocycles. The average molecular weight is 281 g/mol. The number of esters is 1. The molecule has 0 N–H and O–H groups in total. The largest absolute Gasteiger partial charge is 0.467 e. The number of alkyl halides is 2. The number of ether oxygens (including phenoxy) is 3. The second kappa shape index (κ2) is 8.00. The van der Waals surface area contributed by atoms with Crippen LogP contribution in [0, 0.1) is 0 Å². The first-order chi connectivity index (χ1) is 9.06. The molecule has 1 unspecified atom stereocenters. The van der Waals surface area contributed by atoms with Gasteiger partial charge in [0.1, 0.15) is 6.61 Å². The summed E-state index contributed by atoms with van der Waals surface area (Å²) < 4.78 is 38.0. The summed E-state index contributed by atoms with van der Waals surface area (Å²) >= 11 is 0. The molecule has 1 rings (SSSR count). The molecule has 0 aliphatic carbocycles. The zero-order chi connectivity index (χ0) is 14.3. The summed E-state index contributed by atoms with van der Waals surface area (Å²) in [5.41, 5.74) is 0. The molecule has 1 heterocycles. The van der Waals surface area contributed by atoms with Crippen LogP contribution in [-0.4, -0.2) is 69.3 Å². The Morgan fingerprint density at radius 2 is 2.21 bits per heavy atom. The van der Waals surface area contributed by atoms with Crippen molar-refractivity contribution in [2.75, 3.05) is 40.1 Å². The number of rotatable bonds is 6. The lowest BCUT2D eigenvalue weighted by molar-refractivity contribution is -0.161. The van der Waals surface area contributed by atoms with Crippen LogP contribution in [0.3, 0.4) is 0 Å². The molecule has 1 atom stereocenters. The maximum absolute atomic E-state index is 11.9. The summed E-state index contributed by atoms with van der Waals surface area (Å²) in [6.07, 6.45) is -2.61. The average Bonchev–Trinajstić information content (AvgIpc) is 2.42. The zero-order valence-electron chi connectivity index (χ0n) is 10.6. The molecule has 0 spiro atoms. The van der Waals surface area contributed by atoms with Gasteiger partial charge in [0, 0.05) is 6.54 Å². The Kier molecular flexibility index (Phi) is 6.65. The van der Waals surface area contributed by atoms with E-state index in [1.807, 2.05) is 0 Å². The maximum Gasteiger partial charge on any atom is 0.331 e. The highest BCUT2D eigenvalue weighted by Gasteiger charge is 2.33. The third kappa shape index (κ3) is 5.07. The van der Waals surface area contributed by atoms with Gasteiger partial charge >= 0.3 is 5.97 Å². The van der Waals surface area contributed by atoms with Crippen molar-refractivity contribution in [3.63, 3.8) is 0 Å². The van der Waals surface area contributed by atoms with E-state index in [-0.39, 0.29) is 32.1 Å². The van der Waals surface area contributed by atoms with Gasteiger partial charge in [0.15, 0.2) is 6.04 Å². The van der Waals surface area contributed by atoms with Gasteiger partial charge < -0.3 is 19.1 Å². The van der Waals surface area contributed by atoms with E-state index < -0.39 is 25.0 Å². The van der Waals surface area contributed by atoms with Gasteiger partial charge in [0.25, 0.3) is 6.43 Å². The van der Waals surface area contributed by atoms with Crippen LogP contribution >= 0.6 is 0 Å². The third-order valence-corrected chi connectivity index (χ3v) is 2.63. The van der Waals surface area contributed by atoms with Crippen LogP contribution in [0.5, 0.6) is 0 Å². The van der Waals surface area contributed by atoms with Gasteiger partial charge in [-0.25, -0.2) is 13.6 Å². The van der Waals surface area contributed by atoms with E-state index >= 15 is 0 Å². The molecule has 0 aromatic heterocycles. The summed E-state index contributed by atoms with van der Waals surface area (Å²) in [5.74, 6) is -0.894. The Morgan fingerprint density at radius 1 is 1.47 bits per heavy atom. The van der Waals surface area contributed by atoms with Crippen LogP contribution in [0.4, 0.5) is 8.78 Å². The molecule has 0 aromatic rings. The summed E-state index contributed by atoms with van der Waals surface area (Å²) in [7, 11) is 1.23. The Balaban J connectivity index is 2.41. The lowest BCUT2D eigenvalue weighted by atomic mass is 10.2. The van der Waals surface area contributed by atoms with Crippen molar-refractivity contribution >= 4 is 11.9 Å². The van der Waals surface area contributed by atoms with Crippen molar-refractivity contribution in [2.45, 2.75) is 18.9 Å². The van der Waals surface area contributed by atoms with E-state index in [4.69, 9.17) is 4.74 Å². The summed E-state index contributed by atoms with van der Waals surface area (Å²) in [6.45, 7) is -0.119. The van der Waals surface area contributed by atoms with Crippen molar-refractivity contribution in [3.05, 3.63) is 0 Å². The molecule has 19 heavy (non-hydrogen) atoms. The van der Waals surface area contributed by atoms with Gasteiger partial charge in [-0.2, -0.15) is 0 Å². The molecule has 0 radical (unpaired) electrons. The maximum atomic E-state index is 11.9. The number of methoxy groups -OCH3 is 1. The fourth-order valence-electron chi connectivity index (χ4n) is 1.71. The van der Waals surface area contributed by atoms with Crippen molar-refractivity contribution in [2.24, 2.45) is 0 Å². The van der Waals surface area contributed by atoms with E-state index in [2.05, 4.69) is 9.47 Å². The molecular weight excluding hydrogens is 264 g/mol. The topological polar surface area (TPSA) is 65.1 Å². The molecule has 0 saturated carbocycles. The highest BCUT2D eigenvalue weighted by Crippen LogP contribution is 2.10. The smallest absolute Gasteiger partial charge is 0.331 e. The minimum absolute atomic E-state index is 0.0553. The number of carbonyl (C=O) groups is 2. The van der Waals surface area contributed by atoms with E-state index in [9.17, 15) is 18.4 Å². The first kappa shape index (κ1) is 15.8. The standard InChI is InChI=1S/C11H17F2NO5/c1-17-11(16)8-6-19-5-3-14(8)10(15)2-4-18-7-9(12)13/h8-9H,2-7H2,1H3. The van der Waals surface area contributed by atoms with E-state index in [1.165, 1.54) is 12.0 Å². The number of morpholine rings is 1. The van der Waals surface area contributed by atoms with Gasteiger partial charge in [-0.1, -0.05) is 0 Å². The van der Waals surface area contributed by atoms with Crippen LogP contribution in [0.1, 0.15) is 6.42 Å². The van der Waals surface area contributed by atoms with Crippen LogP contribution in [0.2, 0.25) is 0 Å². The number of hydrogen-bond acceptors (Lipinski definition) is 5. The molecular formula is C11H17F2NO5. The Morgan fingerprint density at radius 3 is 2.84 bits per heavy atom. The first-order valence-electron chi connectivity index (χ1n) is 5.87. The van der Waals surface area contributed by atoms with Gasteiger partial charge in [0.2, 0.25) is 5.91 Å². The number of halogens is 2. The highest BCUT2D eigenvalue weighted by atomic mass is 19.3. The fourth-order valence-corrected chi connectivity index (χ4v) is 1.71. The summed E-state index contributed by atoms with van der Waals surface area (Å²) in [6, 6.07) is -0.777. The van der Waals surface area contributed by atoms with Crippen LogP contribution in [0.15, 0.2) is 0 Å². The molecule has 1 aliphatic heterocycles. The number of carbonyl (C=O) groups excluding carboxylic acids is 2. The number of nitrogens with zero attached hydrogens (tertiary/aromatic N) is 1. The van der Waals surface area contributed by atoms with Gasteiger partial charge in [-0.3, -0.25) is 4.79 Å². The lowest BCUT2D eigenvalue weighted by Crippen LogP contribution is -2.53.